The largest absolute Gasteiger partial charge is 0.433 e. The van der Waals surface area contributed by atoms with Crippen molar-refractivity contribution in [1.29, 1.82) is 0 Å². The third kappa shape index (κ3) is 12.4. The van der Waals surface area contributed by atoms with Gasteiger partial charge in [-0.25, -0.2) is 19.3 Å². The third-order valence-corrected chi connectivity index (χ3v) is 15.0. The summed E-state index contributed by atoms with van der Waals surface area (Å²) in [4.78, 5) is 47.4. The molecule has 14 rings (SSSR count). The number of carbonyl (C=O) groups excluding carboxylic acids is 2. The average Bonchev–Trinajstić information content (AvgIpc) is 1.78. The smallest absolute Gasteiger partial charge is 0.403 e. The number of nitrogens with zero attached hydrogens (tertiary/aromatic N) is 14. The number of morpholine rings is 2. The number of hydrogen-bond acceptors (Lipinski definition) is 20. The monoisotopic (exact) mass is 1230 g/mol. The first-order valence-electron chi connectivity index (χ1n) is 28.3. The van der Waals surface area contributed by atoms with Gasteiger partial charge in [0.1, 0.15) is 28.3 Å². The van der Waals surface area contributed by atoms with Gasteiger partial charge in [-0.15, -0.1) is 15.3 Å². The van der Waals surface area contributed by atoms with Gasteiger partial charge in [-0.2, -0.15) is 31.4 Å². The quantitative estimate of drug-likeness (QED) is 0.108. The van der Waals surface area contributed by atoms with Crippen molar-refractivity contribution in [3.63, 3.8) is 0 Å². The number of fused-ring (bicyclic) bond motifs is 2. The first kappa shape index (κ1) is 58.3. The van der Waals surface area contributed by atoms with Gasteiger partial charge in [-0.05, 0) is 35.4 Å². The molecule has 2 saturated heterocycles. The topological polar surface area (TPSA) is 247 Å². The van der Waals surface area contributed by atoms with E-state index in [1.807, 2.05) is 119 Å². The molecule has 0 spiro atoms. The van der Waals surface area contributed by atoms with Gasteiger partial charge >= 0.3 is 24.4 Å². The van der Waals surface area contributed by atoms with E-state index < -0.39 is 36.1 Å². The molecule has 2 fully saturated rings. The Bertz CT molecular complexity index is 4110. The molecule has 10 heterocycles. The Labute approximate surface area is 507 Å². The molecule has 0 saturated carbocycles. The minimum Gasteiger partial charge on any atom is -0.403 e. The van der Waals surface area contributed by atoms with Crippen molar-refractivity contribution in [2.45, 2.75) is 37.5 Å². The SMILES string of the molecule is O=C1Cc2ccccc2C(c2ccccc2)=N[C@@H]1Nc1nnc(-c2cn(-c3ccc(C(F)(F)F)nc3)nc2N2CCOCC2)o1.O=C1Cc2ccccc2C(c2ccccc2)=N[C@@H]1Nc1nnc(-c2cnn(-c3ccc(C(F)(F)F)nc3)c2N2CCOCC2)o1. The highest BCUT2D eigenvalue weighted by atomic mass is 19.4. The number of nitrogens with one attached hydrogen (secondary N) is 2. The highest BCUT2D eigenvalue weighted by Crippen LogP contribution is 2.37. The van der Waals surface area contributed by atoms with Gasteiger partial charge in [-0.1, -0.05) is 119 Å². The van der Waals surface area contributed by atoms with E-state index in [0.29, 0.717) is 98.2 Å². The first-order chi connectivity index (χ1) is 43.7. The zero-order valence-corrected chi connectivity index (χ0v) is 47.2. The van der Waals surface area contributed by atoms with Crippen molar-refractivity contribution >= 4 is 46.7 Å². The maximum Gasteiger partial charge on any atom is 0.433 e. The molecular formula is C62H50F6N16O6. The fourth-order valence-electron chi connectivity index (χ4n) is 10.6. The predicted molar refractivity (Wildman–Crippen MR) is 315 cm³/mol. The number of anilines is 4. The Morgan fingerprint density at radius 2 is 0.956 bits per heavy atom. The van der Waals surface area contributed by atoms with E-state index in [2.05, 4.69) is 51.2 Å². The minimum absolute atomic E-state index is 0.0256. The van der Waals surface area contributed by atoms with E-state index in [1.54, 1.807) is 6.20 Å². The lowest BCUT2D eigenvalue weighted by molar-refractivity contribution is -0.141. The van der Waals surface area contributed by atoms with E-state index in [0.717, 1.165) is 57.9 Å². The molecule has 0 aliphatic carbocycles. The van der Waals surface area contributed by atoms with Crippen LogP contribution in [0.25, 0.3) is 34.3 Å². The second-order valence-electron chi connectivity index (χ2n) is 20.8. The molecule has 456 valence electrons. The molecule has 0 unspecified atom stereocenters. The van der Waals surface area contributed by atoms with Crippen molar-refractivity contribution in [2.24, 2.45) is 9.98 Å². The van der Waals surface area contributed by atoms with Crippen LogP contribution < -0.4 is 20.4 Å². The fourth-order valence-corrected chi connectivity index (χ4v) is 10.6. The second kappa shape index (κ2) is 24.8. The molecule has 28 heteroatoms. The summed E-state index contributed by atoms with van der Waals surface area (Å²) >= 11 is 0. The zero-order chi connectivity index (χ0) is 61.9. The summed E-state index contributed by atoms with van der Waals surface area (Å²) < 4.78 is 105. The van der Waals surface area contributed by atoms with Crippen LogP contribution in [-0.4, -0.2) is 138 Å². The van der Waals surface area contributed by atoms with Crippen LogP contribution in [0.3, 0.4) is 0 Å². The number of ether oxygens (including phenoxy) is 2. The second-order valence-corrected chi connectivity index (χ2v) is 20.8. The maximum atomic E-state index is 13.4. The summed E-state index contributed by atoms with van der Waals surface area (Å²) in [5.74, 6) is 0.859. The van der Waals surface area contributed by atoms with Gasteiger partial charge in [0.05, 0.1) is 67.8 Å². The minimum atomic E-state index is -4.57. The van der Waals surface area contributed by atoms with Crippen molar-refractivity contribution in [3.8, 4) is 34.3 Å². The van der Waals surface area contributed by atoms with Crippen LogP contribution in [0.4, 0.5) is 50.0 Å². The number of hydrogen-bond donors (Lipinski definition) is 2. The highest BCUT2D eigenvalue weighted by Gasteiger charge is 2.35. The summed E-state index contributed by atoms with van der Waals surface area (Å²) in [6, 6.07) is 38.8. The summed E-state index contributed by atoms with van der Waals surface area (Å²) in [7, 11) is 0. The van der Waals surface area contributed by atoms with Crippen LogP contribution in [0, 0.1) is 0 Å². The molecule has 90 heavy (non-hydrogen) atoms. The van der Waals surface area contributed by atoms with E-state index in [-0.39, 0.29) is 48.2 Å². The Morgan fingerprint density at radius 1 is 0.489 bits per heavy atom. The van der Waals surface area contributed by atoms with Crippen LogP contribution in [0.1, 0.15) is 44.8 Å². The Kier molecular flexibility index (Phi) is 16.1. The molecule has 2 N–H and O–H groups in total. The lowest BCUT2D eigenvalue weighted by Crippen LogP contribution is -2.37. The molecule has 4 aliphatic rings. The van der Waals surface area contributed by atoms with Gasteiger partial charge in [0, 0.05) is 67.5 Å². The number of benzene rings is 4. The van der Waals surface area contributed by atoms with Crippen molar-refractivity contribution in [3.05, 3.63) is 203 Å². The summed E-state index contributed by atoms with van der Waals surface area (Å²) in [6.45, 7) is 3.89. The predicted octanol–water partition coefficient (Wildman–Crippen LogP) is 9.15. The normalized spacial score (nSPS) is 17.0. The Balaban J connectivity index is 0.000000165. The molecule has 6 aromatic heterocycles. The molecule has 2 atom stereocenters. The number of rotatable bonds is 12. The number of aliphatic imine (C=N–C) groups is 2. The third-order valence-electron chi connectivity index (χ3n) is 15.0. The highest BCUT2D eigenvalue weighted by molar-refractivity contribution is 6.17. The lowest BCUT2D eigenvalue weighted by Gasteiger charge is -2.29. The summed E-state index contributed by atoms with van der Waals surface area (Å²) in [6.07, 6.45) is -5.52. The lowest BCUT2D eigenvalue weighted by atomic mass is 9.96. The summed E-state index contributed by atoms with van der Waals surface area (Å²) in [5, 5.41) is 31.8. The van der Waals surface area contributed by atoms with Gasteiger partial charge < -0.3 is 38.7 Å². The number of alkyl halides is 6. The van der Waals surface area contributed by atoms with Gasteiger partial charge in [0.15, 0.2) is 29.7 Å². The molecular weight excluding hydrogens is 1180 g/mol. The molecule has 0 amide bonds. The number of carbonyl (C=O) groups is 2. The molecule has 4 aromatic carbocycles. The average molecular weight is 1230 g/mol. The van der Waals surface area contributed by atoms with E-state index in [1.165, 1.54) is 27.7 Å². The first-order valence-corrected chi connectivity index (χ1v) is 28.3. The van der Waals surface area contributed by atoms with Gasteiger partial charge in [0.25, 0.3) is 11.8 Å². The number of halogens is 6. The fraction of sp³-hybridized carbons (Fsp3) is 0.226. The molecule has 10 aromatic rings. The van der Waals surface area contributed by atoms with Crippen LogP contribution in [-0.2, 0) is 44.3 Å². The van der Waals surface area contributed by atoms with Crippen molar-refractivity contribution < 1.29 is 54.2 Å². The number of aromatic nitrogens is 10. The standard InChI is InChI=1S/2C31H25F3N8O3/c32-31(33,34)25-11-10-21(17-35-25)42-18-23(28(40-42)41-12-14-44-15-13-41)29-38-39-30(45-29)37-27-24(43)16-20-8-4-5-9-22(20)26(36-27)19-6-2-1-3-7-19;32-31(33,34)25-11-10-21(17-35-25)42-29(41-12-14-44-15-13-41)23(18-36-42)28-39-40-30(45-28)38-27-24(43)16-20-8-4-5-9-22(20)26(37-27)19-6-2-1-3-7-19/h1-11,17-18,27H,12-16H2,(H,37,39);1-11,17-18,27H,12-16H2,(H,38,40)/t2*27-/m11/s1. The number of ketones is 2. The summed E-state index contributed by atoms with van der Waals surface area (Å²) in [5.41, 5.74) is 6.02. The molecule has 0 bridgehead atoms. The number of pyridine rings is 2. The maximum absolute atomic E-state index is 13.4. The number of Topliss-reactive ketones (excluding diaryl/α,β-unsaturated/α-hetero) is 2. The van der Waals surface area contributed by atoms with E-state index >= 15 is 0 Å². The zero-order valence-electron chi connectivity index (χ0n) is 47.2. The molecule has 22 nitrogen and oxygen atoms in total. The molecule has 4 aliphatic heterocycles. The Morgan fingerprint density at radius 3 is 1.44 bits per heavy atom. The van der Waals surface area contributed by atoms with Gasteiger partial charge in [0.2, 0.25) is 0 Å². The van der Waals surface area contributed by atoms with E-state index in [9.17, 15) is 35.9 Å². The van der Waals surface area contributed by atoms with Crippen molar-refractivity contribution in [2.75, 3.05) is 73.0 Å². The van der Waals surface area contributed by atoms with Crippen molar-refractivity contribution in [1.82, 2.24) is 49.9 Å². The van der Waals surface area contributed by atoms with Crippen LogP contribution in [0.2, 0.25) is 0 Å². The van der Waals surface area contributed by atoms with E-state index in [4.69, 9.17) is 28.3 Å². The van der Waals surface area contributed by atoms with Crippen LogP contribution in [0.5, 0.6) is 0 Å². The van der Waals surface area contributed by atoms with Crippen LogP contribution >= 0.6 is 0 Å². The Hall–Kier alpha value is -10.7. The molecule has 0 radical (unpaired) electrons. The van der Waals surface area contributed by atoms with Gasteiger partial charge in [-0.3, -0.25) is 19.6 Å². The van der Waals surface area contributed by atoms with Crippen LogP contribution in [0.15, 0.2) is 177 Å².